The first-order valence-electron chi connectivity index (χ1n) is 4.92. The van der Waals surface area contributed by atoms with Crippen molar-refractivity contribution in [1.29, 1.82) is 0 Å². The molecule has 2 rings (SSSR count). The fraction of sp³-hybridized carbons (Fsp3) is 0.182. The normalized spacial score (nSPS) is 10.5. The van der Waals surface area contributed by atoms with Crippen molar-refractivity contribution in [2.45, 2.75) is 13.8 Å². The van der Waals surface area contributed by atoms with Crippen LogP contribution >= 0.6 is 15.9 Å². The average Bonchev–Trinajstić information content (AvgIpc) is 2.64. The maximum Gasteiger partial charge on any atom is 0.375 e. The number of hydrogen-bond acceptors (Lipinski definition) is 3. The van der Waals surface area contributed by atoms with Gasteiger partial charge in [-0.3, -0.25) is 0 Å². The maximum atomic E-state index is 10.8. The maximum absolute atomic E-state index is 10.8. The number of halogens is 1. The quantitative estimate of drug-likeness (QED) is 0.923. The number of aromatic carboxylic acids is 1. The van der Waals surface area contributed by atoms with Crippen LogP contribution in [0.15, 0.2) is 22.7 Å². The summed E-state index contributed by atoms with van der Waals surface area (Å²) in [6.07, 6.45) is 0. The lowest BCUT2D eigenvalue weighted by Crippen LogP contribution is -2.03. The Hall–Kier alpha value is -1.69. The number of carboxylic acids is 1. The number of nitrogens with zero attached hydrogens (tertiary/aromatic N) is 3. The molecule has 1 N–H and O–H groups in total. The zero-order valence-electron chi connectivity index (χ0n) is 9.31. The predicted molar refractivity (Wildman–Crippen MR) is 65.5 cm³/mol. The number of carboxylic acid groups (broad SMARTS) is 1. The topological polar surface area (TPSA) is 68.0 Å². The van der Waals surface area contributed by atoms with Crippen LogP contribution in [0.25, 0.3) is 5.69 Å². The second kappa shape index (κ2) is 4.29. The molecular formula is C11H10BrN3O2. The Bertz CT molecular complexity index is 592. The standard InChI is InChI=1S/C11H10BrN3O2/c1-6-3-4-8(12)9(5-6)15-7(2)13-10(14-15)11(16)17/h3-5H,1-2H3,(H,16,17). The molecule has 5 nitrogen and oxygen atoms in total. The summed E-state index contributed by atoms with van der Waals surface area (Å²) in [6.45, 7) is 3.68. The second-order valence-corrected chi connectivity index (χ2v) is 4.51. The summed E-state index contributed by atoms with van der Waals surface area (Å²) in [4.78, 5) is 14.7. The second-order valence-electron chi connectivity index (χ2n) is 3.65. The Balaban J connectivity index is 2.60. The monoisotopic (exact) mass is 295 g/mol. The van der Waals surface area contributed by atoms with E-state index in [1.807, 2.05) is 25.1 Å². The van der Waals surface area contributed by atoms with Crippen LogP contribution in [0.2, 0.25) is 0 Å². The lowest BCUT2D eigenvalue weighted by Gasteiger charge is -2.06. The van der Waals surface area contributed by atoms with Gasteiger partial charge in [0.2, 0.25) is 0 Å². The van der Waals surface area contributed by atoms with Gasteiger partial charge in [-0.1, -0.05) is 6.07 Å². The lowest BCUT2D eigenvalue weighted by atomic mass is 10.2. The molecule has 0 bridgehead atoms. The zero-order chi connectivity index (χ0) is 12.6. The van der Waals surface area contributed by atoms with E-state index < -0.39 is 5.97 Å². The molecule has 0 atom stereocenters. The molecule has 1 aromatic carbocycles. The third-order valence-corrected chi connectivity index (χ3v) is 2.96. The van der Waals surface area contributed by atoms with E-state index in [0.717, 1.165) is 15.7 Å². The molecule has 2 aromatic rings. The first-order chi connectivity index (χ1) is 7.99. The van der Waals surface area contributed by atoms with E-state index in [0.29, 0.717) is 5.82 Å². The number of aromatic nitrogens is 3. The summed E-state index contributed by atoms with van der Waals surface area (Å²) >= 11 is 3.41. The minimum atomic E-state index is -1.13. The van der Waals surface area contributed by atoms with Crippen LogP contribution in [0, 0.1) is 13.8 Å². The van der Waals surface area contributed by atoms with E-state index in [1.165, 1.54) is 4.68 Å². The van der Waals surface area contributed by atoms with Gasteiger partial charge in [0.1, 0.15) is 5.82 Å². The zero-order valence-corrected chi connectivity index (χ0v) is 10.9. The first kappa shape index (κ1) is 11.8. The van der Waals surface area contributed by atoms with Gasteiger partial charge in [0.15, 0.2) is 0 Å². The minimum Gasteiger partial charge on any atom is -0.475 e. The summed E-state index contributed by atoms with van der Waals surface area (Å²) in [5.41, 5.74) is 1.84. The first-order valence-corrected chi connectivity index (χ1v) is 5.72. The van der Waals surface area contributed by atoms with Gasteiger partial charge in [-0.25, -0.2) is 14.5 Å². The highest BCUT2D eigenvalue weighted by molar-refractivity contribution is 9.10. The van der Waals surface area contributed by atoms with Gasteiger partial charge in [0.05, 0.1) is 5.69 Å². The predicted octanol–water partition coefficient (Wildman–Crippen LogP) is 2.34. The van der Waals surface area contributed by atoms with Gasteiger partial charge in [-0.15, -0.1) is 5.10 Å². The van der Waals surface area contributed by atoms with Crippen LogP contribution in [0.3, 0.4) is 0 Å². The van der Waals surface area contributed by atoms with Gasteiger partial charge in [-0.05, 0) is 47.5 Å². The van der Waals surface area contributed by atoms with Crippen molar-refractivity contribution in [1.82, 2.24) is 14.8 Å². The van der Waals surface area contributed by atoms with Crippen molar-refractivity contribution in [3.63, 3.8) is 0 Å². The van der Waals surface area contributed by atoms with E-state index in [1.54, 1.807) is 6.92 Å². The van der Waals surface area contributed by atoms with E-state index in [-0.39, 0.29) is 5.82 Å². The molecule has 0 aliphatic carbocycles. The molecular weight excluding hydrogens is 286 g/mol. The summed E-state index contributed by atoms with van der Waals surface area (Å²) in [6, 6.07) is 5.77. The third kappa shape index (κ3) is 2.21. The Morgan fingerprint density at radius 1 is 1.41 bits per heavy atom. The van der Waals surface area contributed by atoms with Crippen molar-refractivity contribution in [3.8, 4) is 5.69 Å². The van der Waals surface area contributed by atoms with Crippen LogP contribution in [0.1, 0.15) is 22.0 Å². The Kier molecular flexibility index (Phi) is 2.97. The van der Waals surface area contributed by atoms with Crippen LogP contribution in [0.5, 0.6) is 0 Å². The number of aryl methyl sites for hydroxylation is 2. The summed E-state index contributed by atoms with van der Waals surface area (Å²) in [7, 11) is 0. The van der Waals surface area contributed by atoms with Gasteiger partial charge in [0, 0.05) is 4.47 Å². The summed E-state index contributed by atoms with van der Waals surface area (Å²) in [5.74, 6) is -0.791. The van der Waals surface area contributed by atoms with E-state index in [2.05, 4.69) is 26.0 Å². The van der Waals surface area contributed by atoms with Crippen LogP contribution < -0.4 is 0 Å². The molecule has 1 aromatic heterocycles. The lowest BCUT2D eigenvalue weighted by molar-refractivity contribution is 0.0683. The fourth-order valence-electron chi connectivity index (χ4n) is 1.49. The molecule has 0 fully saturated rings. The number of carbonyl (C=O) groups is 1. The van der Waals surface area contributed by atoms with Gasteiger partial charge < -0.3 is 5.11 Å². The van der Waals surface area contributed by atoms with Gasteiger partial charge >= 0.3 is 5.97 Å². The molecule has 0 unspecified atom stereocenters. The van der Waals surface area contributed by atoms with Gasteiger partial charge in [-0.2, -0.15) is 0 Å². The van der Waals surface area contributed by atoms with Crippen LogP contribution in [0.4, 0.5) is 0 Å². The Labute approximate surface area is 106 Å². The molecule has 0 spiro atoms. The molecule has 88 valence electrons. The molecule has 17 heavy (non-hydrogen) atoms. The Morgan fingerprint density at radius 2 is 2.12 bits per heavy atom. The third-order valence-electron chi connectivity index (χ3n) is 2.29. The van der Waals surface area contributed by atoms with Crippen LogP contribution in [-0.2, 0) is 0 Å². The van der Waals surface area contributed by atoms with Crippen molar-refractivity contribution in [3.05, 3.63) is 39.9 Å². The smallest absolute Gasteiger partial charge is 0.375 e. The number of rotatable bonds is 2. The minimum absolute atomic E-state index is 0.198. The summed E-state index contributed by atoms with van der Waals surface area (Å²) < 4.78 is 2.36. The molecule has 1 heterocycles. The molecule has 0 aliphatic rings. The van der Waals surface area contributed by atoms with Crippen molar-refractivity contribution >= 4 is 21.9 Å². The summed E-state index contributed by atoms with van der Waals surface area (Å²) in [5, 5.41) is 12.8. The number of benzene rings is 1. The molecule has 0 radical (unpaired) electrons. The van der Waals surface area contributed by atoms with E-state index >= 15 is 0 Å². The highest BCUT2D eigenvalue weighted by Crippen LogP contribution is 2.22. The molecule has 0 saturated heterocycles. The molecule has 0 aliphatic heterocycles. The van der Waals surface area contributed by atoms with Crippen molar-refractivity contribution in [2.75, 3.05) is 0 Å². The average molecular weight is 296 g/mol. The van der Waals surface area contributed by atoms with E-state index in [9.17, 15) is 4.79 Å². The Morgan fingerprint density at radius 3 is 2.71 bits per heavy atom. The fourth-order valence-corrected chi connectivity index (χ4v) is 1.91. The SMILES string of the molecule is Cc1ccc(Br)c(-n2nc(C(=O)O)nc2C)c1. The van der Waals surface area contributed by atoms with Crippen molar-refractivity contribution in [2.24, 2.45) is 0 Å². The van der Waals surface area contributed by atoms with Crippen molar-refractivity contribution < 1.29 is 9.90 Å². The molecule has 0 amide bonds. The van der Waals surface area contributed by atoms with E-state index in [4.69, 9.17) is 5.11 Å². The molecule has 6 heteroatoms. The largest absolute Gasteiger partial charge is 0.475 e. The molecule has 0 saturated carbocycles. The highest BCUT2D eigenvalue weighted by atomic mass is 79.9. The van der Waals surface area contributed by atoms with Gasteiger partial charge in [0.25, 0.3) is 5.82 Å². The highest BCUT2D eigenvalue weighted by Gasteiger charge is 2.15. The van der Waals surface area contributed by atoms with Crippen LogP contribution in [-0.4, -0.2) is 25.8 Å². The number of hydrogen-bond donors (Lipinski definition) is 1.